The van der Waals surface area contributed by atoms with E-state index in [0.717, 1.165) is 17.7 Å². The average molecular weight is 538 g/mol. The standard InChI is InChI=1S/C29H29F2N3O5/c1-19-27(25(35)14-21(16-37-2)15-32-29(36)39-17-20-8-4-3-5-9-20)34-13-7-12-26(28(34)33-19)38-18-22-23(30)10-6-11-24(22)31/h3-13,21H,14-18H2,1-2H3,(H,32,36). The number of fused-ring (bicyclic) bond motifs is 1. The molecule has 2 aromatic heterocycles. The summed E-state index contributed by atoms with van der Waals surface area (Å²) in [5.41, 5.74) is 1.83. The van der Waals surface area contributed by atoms with E-state index >= 15 is 0 Å². The van der Waals surface area contributed by atoms with Crippen LogP contribution in [-0.4, -0.2) is 41.5 Å². The van der Waals surface area contributed by atoms with Gasteiger partial charge >= 0.3 is 6.09 Å². The van der Waals surface area contributed by atoms with E-state index in [1.807, 2.05) is 30.3 Å². The van der Waals surface area contributed by atoms with Gasteiger partial charge in [0.1, 0.15) is 30.5 Å². The quantitative estimate of drug-likeness (QED) is 0.248. The Hall–Kier alpha value is -4.31. The van der Waals surface area contributed by atoms with Gasteiger partial charge in [-0.3, -0.25) is 9.20 Å². The fourth-order valence-electron chi connectivity index (χ4n) is 4.21. The number of nitrogens with one attached hydrogen (secondary N) is 1. The van der Waals surface area contributed by atoms with Crippen LogP contribution in [0.5, 0.6) is 5.75 Å². The van der Waals surface area contributed by atoms with Crippen molar-refractivity contribution in [2.45, 2.75) is 26.6 Å². The van der Waals surface area contributed by atoms with Crippen LogP contribution in [0, 0.1) is 24.5 Å². The normalized spacial score (nSPS) is 11.8. The Morgan fingerprint density at radius 2 is 1.74 bits per heavy atom. The number of rotatable bonds is 12. The van der Waals surface area contributed by atoms with Gasteiger partial charge in [-0.05, 0) is 36.8 Å². The van der Waals surface area contributed by atoms with Crippen LogP contribution < -0.4 is 10.1 Å². The number of ketones is 1. The number of methoxy groups -OCH3 is 1. The molecule has 1 atom stereocenters. The highest BCUT2D eigenvalue weighted by molar-refractivity contribution is 5.97. The first-order chi connectivity index (χ1) is 18.9. The molecular formula is C29H29F2N3O5. The zero-order valence-corrected chi connectivity index (χ0v) is 21.7. The number of hydrogen-bond acceptors (Lipinski definition) is 6. The number of imidazole rings is 1. The minimum atomic E-state index is -0.709. The second-order valence-electron chi connectivity index (χ2n) is 8.99. The van der Waals surface area contributed by atoms with E-state index < -0.39 is 17.7 Å². The van der Waals surface area contributed by atoms with E-state index in [4.69, 9.17) is 14.2 Å². The maximum absolute atomic E-state index is 14.0. The number of carbonyl (C=O) groups excluding carboxylic acids is 2. The molecule has 2 heterocycles. The Labute approximate surface area is 224 Å². The number of amides is 1. The third kappa shape index (κ3) is 6.97. The SMILES string of the molecule is COCC(CNC(=O)OCc1ccccc1)CC(=O)c1c(C)nc2c(OCc3c(F)cccc3F)cccn12. The second-order valence-corrected chi connectivity index (χ2v) is 8.99. The molecule has 39 heavy (non-hydrogen) atoms. The third-order valence-corrected chi connectivity index (χ3v) is 6.11. The average Bonchev–Trinajstić information content (AvgIpc) is 3.27. The maximum atomic E-state index is 14.0. The summed E-state index contributed by atoms with van der Waals surface area (Å²) in [6, 6.07) is 16.2. The minimum absolute atomic E-state index is 0.0764. The maximum Gasteiger partial charge on any atom is 0.407 e. The molecule has 0 aliphatic carbocycles. The van der Waals surface area contributed by atoms with Gasteiger partial charge in [-0.1, -0.05) is 36.4 Å². The Morgan fingerprint density at radius 3 is 2.46 bits per heavy atom. The number of benzene rings is 2. The molecule has 0 radical (unpaired) electrons. The summed E-state index contributed by atoms with van der Waals surface area (Å²) in [7, 11) is 1.52. The van der Waals surface area contributed by atoms with Crippen LogP contribution in [0.2, 0.25) is 0 Å². The molecule has 0 aliphatic heterocycles. The lowest BCUT2D eigenvalue weighted by Gasteiger charge is -2.16. The summed E-state index contributed by atoms with van der Waals surface area (Å²) in [4.78, 5) is 30.0. The van der Waals surface area contributed by atoms with Crippen molar-refractivity contribution in [1.29, 1.82) is 0 Å². The number of halogens is 2. The highest BCUT2D eigenvalue weighted by Crippen LogP contribution is 2.25. The van der Waals surface area contributed by atoms with Gasteiger partial charge in [-0.15, -0.1) is 0 Å². The van der Waals surface area contributed by atoms with Crippen molar-refractivity contribution in [3.63, 3.8) is 0 Å². The van der Waals surface area contributed by atoms with Crippen molar-refractivity contribution in [1.82, 2.24) is 14.7 Å². The van der Waals surface area contributed by atoms with Crippen molar-refractivity contribution in [3.8, 4) is 5.75 Å². The highest BCUT2D eigenvalue weighted by atomic mass is 19.1. The van der Waals surface area contributed by atoms with Crippen molar-refractivity contribution in [2.24, 2.45) is 5.92 Å². The van der Waals surface area contributed by atoms with E-state index in [9.17, 15) is 18.4 Å². The summed E-state index contributed by atoms with van der Waals surface area (Å²) in [6.45, 7) is 1.91. The zero-order valence-electron chi connectivity index (χ0n) is 21.7. The van der Waals surface area contributed by atoms with Crippen LogP contribution in [0.15, 0.2) is 66.9 Å². The van der Waals surface area contributed by atoms with Crippen molar-refractivity contribution in [2.75, 3.05) is 20.3 Å². The summed E-state index contributed by atoms with van der Waals surface area (Å²) >= 11 is 0. The number of alkyl carbamates (subject to hydrolysis) is 1. The molecule has 0 fully saturated rings. The van der Waals surface area contributed by atoms with Crippen molar-refractivity contribution < 1.29 is 32.6 Å². The van der Waals surface area contributed by atoms with Crippen LogP contribution in [0.4, 0.5) is 13.6 Å². The predicted molar refractivity (Wildman–Crippen MR) is 140 cm³/mol. The topological polar surface area (TPSA) is 91.2 Å². The molecule has 0 saturated heterocycles. The van der Waals surface area contributed by atoms with Gasteiger partial charge in [0, 0.05) is 32.2 Å². The van der Waals surface area contributed by atoms with Crippen molar-refractivity contribution >= 4 is 17.5 Å². The first kappa shape index (κ1) is 27.7. The van der Waals surface area contributed by atoms with Gasteiger partial charge in [-0.25, -0.2) is 18.6 Å². The zero-order chi connectivity index (χ0) is 27.8. The van der Waals surface area contributed by atoms with Gasteiger partial charge in [0.15, 0.2) is 17.2 Å². The molecule has 204 valence electrons. The van der Waals surface area contributed by atoms with E-state index in [-0.39, 0.29) is 55.8 Å². The Morgan fingerprint density at radius 1 is 1.00 bits per heavy atom. The van der Waals surface area contributed by atoms with Crippen LogP contribution in [0.3, 0.4) is 0 Å². The summed E-state index contributed by atoms with van der Waals surface area (Å²) in [6.07, 6.45) is 1.16. The van der Waals surface area contributed by atoms with Crippen LogP contribution in [-0.2, 0) is 22.7 Å². The first-order valence-corrected chi connectivity index (χ1v) is 12.4. The van der Waals surface area contributed by atoms with Crippen LogP contribution >= 0.6 is 0 Å². The predicted octanol–water partition coefficient (Wildman–Crippen LogP) is 5.26. The van der Waals surface area contributed by atoms with Gasteiger partial charge in [-0.2, -0.15) is 0 Å². The molecule has 1 amide bonds. The van der Waals surface area contributed by atoms with Crippen LogP contribution in [0.1, 0.15) is 33.7 Å². The number of Topliss-reactive ketones (excluding diaryl/α,β-unsaturated/α-hetero) is 1. The fraction of sp³-hybridized carbons (Fsp3) is 0.276. The molecule has 0 aliphatic rings. The molecule has 0 saturated carbocycles. The van der Waals surface area contributed by atoms with Gasteiger partial charge < -0.3 is 19.5 Å². The van der Waals surface area contributed by atoms with Crippen LogP contribution in [0.25, 0.3) is 5.65 Å². The van der Waals surface area contributed by atoms with E-state index in [2.05, 4.69) is 10.3 Å². The number of nitrogens with zero attached hydrogens (tertiary/aromatic N) is 2. The summed E-state index contributed by atoms with van der Waals surface area (Å²) < 4.78 is 45.9. The lowest BCUT2D eigenvalue weighted by molar-refractivity contribution is 0.0889. The number of ether oxygens (including phenoxy) is 3. The number of aromatic nitrogens is 2. The molecule has 10 heteroatoms. The molecule has 4 aromatic rings. The summed E-state index contributed by atoms with van der Waals surface area (Å²) in [5.74, 6) is -1.67. The molecule has 2 aromatic carbocycles. The Kier molecular flexibility index (Phi) is 9.22. The number of pyridine rings is 1. The molecule has 8 nitrogen and oxygen atoms in total. The molecular weight excluding hydrogens is 508 g/mol. The molecule has 4 rings (SSSR count). The highest BCUT2D eigenvalue weighted by Gasteiger charge is 2.23. The smallest absolute Gasteiger partial charge is 0.407 e. The number of carbonyl (C=O) groups is 2. The monoisotopic (exact) mass is 537 g/mol. The second kappa shape index (κ2) is 13.0. The molecule has 1 unspecified atom stereocenters. The van der Waals surface area contributed by atoms with E-state index in [1.54, 1.807) is 29.7 Å². The van der Waals surface area contributed by atoms with Gasteiger partial charge in [0.2, 0.25) is 0 Å². The molecule has 1 N–H and O–H groups in total. The van der Waals surface area contributed by atoms with E-state index in [0.29, 0.717) is 17.0 Å². The lowest BCUT2D eigenvalue weighted by Crippen LogP contribution is -2.33. The lowest BCUT2D eigenvalue weighted by atomic mass is 10.0. The fourth-order valence-corrected chi connectivity index (χ4v) is 4.21. The molecule has 0 bridgehead atoms. The van der Waals surface area contributed by atoms with E-state index in [1.165, 1.54) is 13.2 Å². The number of aryl methyl sites for hydroxylation is 1. The first-order valence-electron chi connectivity index (χ1n) is 12.4. The Balaban J connectivity index is 1.42. The van der Waals surface area contributed by atoms with Gasteiger partial charge in [0.25, 0.3) is 0 Å². The van der Waals surface area contributed by atoms with Gasteiger partial charge in [0.05, 0.1) is 17.9 Å². The third-order valence-electron chi connectivity index (χ3n) is 6.11. The number of hydrogen-bond donors (Lipinski definition) is 1. The molecule has 0 spiro atoms. The largest absolute Gasteiger partial charge is 0.485 e. The Bertz CT molecular complexity index is 1420. The minimum Gasteiger partial charge on any atom is -0.485 e. The summed E-state index contributed by atoms with van der Waals surface area (Å²) in [5, 5.41) is 2.69. The van der Waals surface area contributed by atoms with Crippen molar-refractivity contribution in [3.05, 3.63) is 101 Å².